The topological polar surface area (TPSA) is 55.6 Å². The second kappa shape index (κ2) is 8.08. The van der Waals surface area contributed by atoms with Crippen molar-refractivity contribution in [2.45, 2.75) is 26.8 Å². The van der Waals surface area contributed by atoms with Crippen molar-refractivity contribution in [3.63, 3.8) is 0 Å². The van der Waals surface area contributed by atoms with Gasteiger partial charge in [-0.3, -0.25) is 4.79 Å². The molecule has 27 heavy (non-hydrogen) atoms. The van der Waals surface area contributed by atoms with E-state index in [1.54, 1.807) is 19.1 Å². The van der Waals surface area contributed by atoms with Gasteiger partial charge in [0.2, 0.25) is 11.8 Å². The molecule has 0 saturated heterocycles. The molecule has 3 rings (SSSR count). The highest BCUT2D eigenvalue weighted by Crippen LogP contribution is 2.23. The molecule has 0 aliphatic rings. The third-order valence-corrected chi connectivity index (χ3v) is 4.50. The van der Waals surface area contributed by atoms with Crippen molar-refractivity contribution in [1.29, 1.82) is 0 Å². The maximum absolute atomic E-state index is 12.7. The van der Waals surface area contributed by atoms with Gasteiger partial charge in [0.25, 0.3) is 0 Å². The van der Waals surface area contributed by atoms with E-state index in [-0.39, 0.29) is 12.3 Å². The van der Waals surface area contributed by atoms with Crippen molar-refractivity contribution in [2.24, 2.45) is 0 Å². The SMILES string of the molecule is COc1ccc(C)cc1CN(C)C(=O)Cc1nc(-c2ccccc2)oc1C. The molecular formula is C22H24N2O3. The molecule has 1 amide bonds. The first-order valence-corrected chi connectivity index (χ1v) is 8.87. The maximum atomic E-state index is 12.7. The highest BCUT2D eigenvalue weighted by Gasteiger charge is 2.18. The van der Waals surface area contributed by atoms with E-state index >= 15 is 0 Å². The third-order valence-electron chi connectivity index (χ3n) is 4.50. The number of aromatic nitrogens is 1. The Balaban J connectivity index is 1.72. The van der Waals surface area contributed by atoms with Gasteiger partial charge in [0.1, 0.15) is 11.5 Å². The summed E-state index contributed by atoms with van der Waals surface area (Å²) in [5.41, 5.74) is 3.68. The largest absolute Gasteiger partial charge is 0.496 e. The fourth-order valence-corrected chi connectivity index (χ4v) is 2.95. The molecule has 2 aromatic carbocycles. The molecule has 0 saturated carbocycles. The summed E-state index contributed by atoms with van der Waals surface area (Å²) < 4.78 is 11.2. The highest BCUT2D eigenvalue weighted by atomic mass is 16.5. The monoisotopic (exact) mass is 364 g/mol. The number of aryl methyl sites for hydroxylation is 2. The van der Waals surface area contributed by atoms with Crippen LogP contribution in [-0.4, -0.2) is 29.9 Å². The summed E-state index contributed by atoms with van der Waals surface area (Å²) in [4.78, 5) is 18.9. The van der Waals surface area contributed by atoms with Gasteiger partial charge in [0, 0.05) is 24.7 Å². The predicted octanol–water partition coefficient (Wildman–Crippen LogP) is 4.17. The Kier molecular flexibility index (Phi) is 5.60. The predicted molar refractivity (Wildman–Crippen MR) is 105 cm³/mol. The summed E-state index contributed by atoms with van der Waals surface area (Å²) in [6, 6.07) is 15.6. The van der Waals surface area contributed by atoms with Gasteiger partial charge in [-0.05, 0) is 32.0 Å². The molecule has 0 unspecified atom stereocenters. The summed E-state index contributed by atoms with van der Waals surface area (Å²) in [7, 11) is 3.43. The number of likely N-dealkylation sites (N-methyl/N-ethyl adjacent to an activating group) is 1. The van der Waals surface area contributed by atoms with Crippen LogP contribution in [0.2, 0.25) is 0 Å². The Labute approximate surface area is 159 Å². The van der Waals surface area contributed by atoms with Crippen LogP contribution in [0.15, 0.2) is 52.9 Å². The van der Waals surface area contributed by atoms with E-state index in [1.165, 1.54) is 0 Å². The van der Waals surface area contributed by atoms with E-state index in [0.717, 1.165) is 22.4 Å². The number of oxazole rings is 1. The Bertz CT molecular complexity index is 932. The fourth-order valence-electron chi connectivity index (χ4n) is 2.95. The van der Waals surface area contributed by atoms with Crippen LogP contribution in [0, 0.1) is 13.8 Å². The first-order valence-electron chi connectivity index (χ1n) is 8.87. The third kappa shape index (κ3) is 4.37. The van der Waals surface area contributed by atoms with Gasteiger partial charge in [0.05, 0.1) is 19.2 Å². The average Bonchev–Trinajstić information content (AvgIpc) is 3.03. The zero-order valence-corrected chi connectivity index (χ0v) is 16.2. The average molecular weight is 364 g/mol. The minimum atomic E-state index is -0.0189. The molecule has 3 aromatic rings. The van der Waals surface area contributed by atoms with Crippen LogP contribution in [0.1, 0.15) is 22.6 Å². The summed E-state index contributed by atoms with van der Waals surface area (Å²) in [5.74, 6) is 1.97. The number of amides is 1. The first kappa shape index (κ1) is 18.7. The van der Waals surface area contributed by atoms with E-state index in [4.69, 9.17) is 9.15 Å². The molecule has 5 heteroatoms. The zero-order valence-electron chi connectivity index (χ0n) is 16.2. The Morgan fingerprint density at radius 3 is 2.59 bits per heavy atom. The van der Waals surface area contributed by atoms with Crippen molar-refractivity contribution in [1.82, 2.24) is 9.88 Å². The molecule has 0 bridgehead atoms. The molecule has 0 atom stereocenters. The molecule has 0 N–H and O–H groups in total. The van der Waals surface area contributed by atoms with Gasteiger partial charge in [-0.25, -0.2) is 4.98 Å². The summed E-state index contributed by atoms with van der Waals surface area (Å²) in [6.07, 6.45) is 0.201. The molecule has 0 aliphatic carbocycles. The van der Waals surface area contributed by atoms with Gasteiger partial charge in [0.15, 0.2) is 0 Å². The standard InChI is InChI=1S/C22H24N2O3/c1-15-10-11-20(26-4)18(12-15)14-24(3)21(25)13-19-16(2)27-22(23-19)17-8-6-5-7-9-17/h5-12H,13-14H2,1-4H3. The molecule has 5 nitrogen and oxygen atoms in total. The number of methoxy groups -OCH3 is 1. The molecule has 0 aliphatic heterocycles. The minimum absolute atomic E-state index is 0.0189. The normalized spacial score (nSPS) is 10.7. The molecule has 1 heterocycles. The Morgan fingerprint density at radius 1 is 1.15 bits per heavy atom. The number of carbonyl (C=O) groups excluding carboxylic acids is 1. The van der Waals surface area contributed by atoms with Gasteiger partial charge >= 0.3 is 0 Å². The first-order chi connectivity index (χ1) is 13.0. The van der Waals surface area contributed by atoms with Gasteiger partial charge in [-0.15, -0.1) is 0 Å². The minimum Gasteiger partial charge on any atom is -0.496 e. The van der Waals surface area contributed by atoms with E-state index < -0.39 is 0 Å². The lowest BCUT2D eigenvalue weighted by Gasteiger charge is -2.19. The van der Waals surface area contributed by atoms with Crippen molar-refractivity contribution in [3.8, 4) is 17.2 Å². The Hall–Kier alpha value is -3.08. The van der Waals surface area contributed by atoms with Crippen LogP contribution in [0.25, 0.3) is 11.5 Å². The van der Waals surface area contributed by atoms with Crippen LogP contribution < -0.4 is 4.74 Å². The quantitative estimate of drug-likeness (QED) is 0.659. The number of rotatable bonds is 6. The van der Waals surface area contributed by atoms with Gasteiger partial charge < -0.3 is 14.1 Å². The number of benzene rings is 2. The second-order valence-electron chi connectivity index (χ2n) is 6.63. The van der Waals surface area contributed by atoms with E-state index in [0.29, 0.717) is 23.9 Å². The zero-order chi connectivity index (χ0) is 19.4. The number of carbonyl (C=O) groups is 1. The summed E-state index contributed by atoms with van der Waals surface area (Å²) >= 11 is 0. The lowest BCUT2D eigenvalue weighted by Crippen LogP contribution is -2.28. The number of hydrogen-bond acceptors (Lipinski definition) is 4. The number of ether oxygens (including phenoxy) is 1. The second-order valence-corrected chi connectivity index (χ2v) is 6.63. The molecule has 0 spiro atoms. The summed E-state index contributed by atoms with van der Waals surface area (Å²) in [5, 5.41) is 0. The van der Waals surface area contributed by atoms with E-state index in [1.807, 2.05) is 62.4 Å². The maximum Gasteiger partial charge on any atom is 0.228 e. The molecule has 0 fully saturated rings. The van der Waals surface area contributed by atoms with Gasteiger partial charge in [-0.1, -0.05) is 35.9 Å². The Morgan fingerprint density at radius 2 is 1.89 bits per heavy atom. The van der Waals surface area contributed by atoms with Crippen LogP contribution in [0.4, 0.5) is 0 Å². The lowest BCUT2D eigenvalue weighted by molar-refractivity contribution is -0.129. The molecule has 1 aromatic heterocycles. The van der Waals surface area contributed by atoms with Crippen LogP contribution in [0.5, 0.6) is 5.75 Å². The van der Waals surface area contributed by atoms with Crippen molar-refractivity contribution >= 4 is 5.91 Å². The van der Waals surface area contributed by atoms with E-state index in [9.17, 15) is 4.79 Å². The van der Waals surface area contributed by atoms with Crippen molar-refractivity contribution < 1.29 is 13.9 Å². The molecule has 0 radical (unpaired) electrons. The lowest BCUT2D eigenvalue weighted by atomic mass is 10.1. The van der Waals surface area contributed by atoms with Crippen LogP contribution in [-0.2, 0) is 17.8 Å². The number of hydrogen-bond donors (Lipinski definition) is 0. The molecule has 140 valence electrons. The number of nitrogens with zero attached hydrogens (tertiary/aromatic N) is 2. The highest BCUT2D eigenvalue weighted by molar-refractivity contribution is 5.78. The smallest absolute Gasteiger partial charge is 0.228 e. The van der Waals surface area contributed by atoms with E-state index in [2.05, 4.69) is 4.98 Å². The van der Waals surface area contributed by atoms with Crippen molar-refractivity contribution in [3.05, 3.63) is 71.1 Å². The van der Waals surface area contributed by atoms with Crippen LogP contribution >= 0.6 is 0 Å². The van der Waals surface area contributed by atoms with Crippen LogP contribution in [0.3, 0.4) is 0 Å². The van der Waals surface area contributed by atoms with Crippen molar-refractivity contribution in [2.75, 3.05) is 14.2 Å². The summed E-state index contributed by atoms with van der Waals surface area (Å²) in [6.45, 7) is 4.34. The fraction of sp³-hybridized carbons (Fsp3) is 0.273. The molecular weight excluding hydrogens is 340 g/mol. The van der Waals surface area contributed by atoms with Gasteiger partial charge in [-0.2, -0.15) is 0 Å².